The van der Waals surface area contributed by atoms with Gasteiger partial charge in [0.1, 0.15) is 0 Å². The Hall–Kier alpha value is -1.58. The zero-order valence-corrected chi connectivity index (χ0v) is 9.55. The van der Waals surface area contributed by atoms with Crippen LogP contribution in [-0.4, -0.2) is 22.6 Å². The van der Waals surface area contributed by atoms with E-state index in [0.717, 1.165) is 18.7 Å². The number of aromatic amines is 1. The molecule has 86 valence electrons. The fourth-order valence-corrected chi connectivity index (χ4v) is 1.98. The van der Waals surface area contributed by atoms with Crippen LogP contribution in [0.5, 0.6) is 0 Å². The zero-order valence-electron chi connectivity index (χ0n) is 9.55. The number of aromatic nitrogens is 2. The molecule has 0 fully saturated rings. The Balaban J connectivity index is 1.78. The summed E-state index contributed by atoms with van der Waals surface area (Å²) in [6.07, 6.45) is 8.49. The highest BCUT2D eigenvalue weighted by Gasteiger charge is 2.10. The van der Waals surface area contributed by atoms with Crippen molar-refractivity contribution in [3.8, 4) is 0 Å². The number of carbonyl (C=O) groups excluding carboxylic acids is 1. The van der Waals surface area contributed by atoms with Gasteiger partial charge in [-0.15, -0.1) is 0 Å². The number of H-pyrrole nitrogens is 1. The maximum Gasteiger partial charge on any atom is 0.254 e. The monoisotopic (exact) mass is 219 g/mol. The van der Waals surface area contributed by atoms with Crippen molar-refractivity contribution in [2.75, 3.05) is 6.54 Å². The van der Waals surface area contributed by atoms with Gasteiger partial charge in [0.05, 0.1) is 11.8 Å². The first-order valence-corrected chi connectivity index (χ1v) is 5.73. The third kappa shape index (κ3) is 2.51. The van der Waals surface area contributed by atoms with Crippen molar-refractivity contribution < 1.29 is 4.79 Å². The van der Waals surface area contributed by atoms with Crippen LogP contribution in [0.3, 0.4) is 0 Å². The lowest BCUT2D eigenvalue weighted by atomic mass is 10.1. The molecular formula is C12H17N3O. The molecule has 0 bridgehead atoms. The van der Waals surface area contributed by atoms with Crippen molar-refractivity contribution >= 4 is 5.91 Å². The minimum Gasteiger partial charge on any atom is -0.352 e. The predicted molar refractivity (Wildman–Crippen MR) is 62.2 cm³/mol. The van der Waals surface area contributed by atoms with Gasteiger partial charge in [0, 0.05) is 12.2 Å². The lowest BCUT2D eigenvalue weighted by Crippen LogP contribution is -2.24. The van der Waals surface area contributed by atoms with E-state index in [-0.39, 0.29) is 5.91 Å². The van der Waals surface area contributed by atoms with Crippen molar-refractivity contribution in [1.82, 2.24) is 15.5 Å². The van der Waals surface area contributed by atoms with Crippen LogP contribution >= 0.6 is 0 Å². The van der Waals surface area contributed by atoms with Gasteiger partial charge >= 0.3 is 0 Å². The Kier molecular flexibility index (Phi) is 3.39. The summed E-state index contributed by atoms with van der Waals surface area (Å²) < 4.78 is 0. The summed E-state index contributed by atoms with van der Waals surface area (Å²) in [7, 11) is 0. The number of nitrogens with one attached hydrogen (secondary N) is 2. The second-order valence-electron chi connectivity index (χ2n) is 4.17. The van der Waals surface area contributed by atoms with Crippen molar-refractivity contribution in [3.63, 3.8) is 0 Å². The Labute approximate surface area is 95.1 Å². The van der Waals surface area contributed by atoms with Crippen LogP contribution in [-0.2, 0) is 0 Å². The van der Waals surface area contributed by atoms with E-state index >= 15 is 0 Å². The maximum atomic E-state index is 11.7. The highest BCUT2D eigenvalue weighted by atomic mass is 16.1. The van der Waals surface area contributed by atoms with Crippen molar-refractivity contribution in [3.05, 3.63) is 29.1 Å². The summed E-state index contributed by atoms with van der Waals surface area (Å²) in [6.45, 7) is 2.57. The average molecular weight is 219 g/mol. The van der Waals surface area contributed by atoms with Gasteiger partial charge in [-0.1, -0.05) is 11.6 Å². The first-order valence-electron chi connectivity index (χ1n) is 5.73. The normalized spacial score (nSPS) is 14.9. The zero-order chi connectivity index (χ0) is 11.4. The standard InChI is InChI=1S/C12H17N3O/c1-9-11(8-14-15-9)12(16)13-7-6-10-4-2-3-5-10/h4,8H,2-3,5-7H2,1H3,(H,13,16)(H,14,15). The molecule has 1 aliphatic carbocycles. The van der Waals surface area contributed by atoms with E-state index in [0.29, 0.717) is 5.56 Å². The van der Waals surface area contributed by atoms with E-state index in [4.69, 9.17) is 0 Å². The Bertz CT molecular complexity index is 406. The summed E-state index contributed by atoms with van der Waals surface area (Å²) in [5.41, 5.74) is 2.93. The van der Waals surface area contributed by atoms with Crippen LogP contribution in [0, 0.1) is 6.92 Å². The summed E-state index contributed by atoms with van der Waals surface area (Å²) in [4.78, 5) is 11.7. The van der Waals surface area contributed by atoms with Gasteiger partial charge in [-0.05, 0) is 32.6 Å². The molecule has 0 aromatic carbocycles. The van der Waals surface area contributed by atoms with E-state index in [1.807, 2.05) is 6.92 Å². The SMILES string of the molecule is Cc1[nH]ncc1C(=O)NCCC1=CCCC1. The van der Waals surface area contributed by atoms with Crippen LogP contribution in [0.2, 0.25) is 0 Å². The highest BCUT2D eigenvalue weighted by Crippen LogP contribution is 2.19. The molecule has 0 unspecified atom stereocenters. The fraction of sp³-hybridized carbons (Fsp3) is 0.500. The molecule has 1 aromatic rings. The van der Waals surface area contributed by atoms with Crippen LogP contribution in [0.15, 0.2) is 17.8 Å². The number of rotatable bonds is 4. The summed E-state index contributed by atoms with van der Waals surface area (Å²) >= 11 is 0. The predicted octanol–water partition coefficient (Wildman–Crippen LogP) is 1.95. The van der Waals surface area contributed by atoms with Crippen LogP contribution in [0.4, 0.5) is 0 Å². The molecule has 2 rings (SSSR count). The van der Waals surface area contributed by atoms with E-state index in [2.05, 4.69) is 21.6 Å². The lowest BCUT2D eigenvalue weighted by Gasteiger charge is -2.04. The summed E-state index contributed by atoms with van der Waals surface area (Å²) in [5.74, 6) is -0.0372. The van der Waals surface area contributed by atoms with Crippen molar-refractivity contribution in [1.29, 1.82) is 0 Å². The number of amides is 1. The first-order chi connectivity index (χ1) is 7.77. The maximum absolute atomic E-state index is 11.7. The topological polar surface area (TPSA) is 57.8 Å². The number of hydrogen-bond donors (Lipinski definition) is 2. The number of aryl methyl sites for hydroxylation is 1. The number of hydrogen-bond acceptors (Lipinski definition) is 2. The minimum absolute atomic E-state index is 0.0372. The number of carbonyl (C=O) groups is 1. The Morgan fingerprint density at radius 2 is 2.50 bits per heavy atom. The Morgan fingerprint density at radius 1 is 1.62 bits per heavy atom. The number of nitrogens with zero attached hydrogens (tertiary/aromatic N) is 1. The van der Waals surface area contributed by atoms with Crippen LogP contribution in [0.25, 0.3) is 0 Å². The van der Waals surface area contributed by atoms with E-state index in [1.54, 1.807) is 6.20 Å². The molecule has 0 spiro atoms. The van der Waals surface area contributed by atoms with Gasteiger partial charge < -0.3 is 5.32 Å². The molecule has 0 radical (unpaired) electrons. The molecule has 0 saturated carbocycles. The molecule has 2 N–H and O–H groups in total. The van der Waals surface area contributed by atoms with E-state index < -0.39 is 0 Å². The van der Waals surface area contributed by atoms with E-state index in [9.17, 15) is 4.79 Å². The largest absolute Gasteiger partial charge is 0.352 e. The van der Waals surface area contributed by atoms with Crippen molar-refractivity contribution in [2.45, 2.75) is 32.6 Å². The van der Waals surface area contributed by atoms with Crippen molar-refractivity contribution in [2.24, 2.45) is 0 Å². The smallest absolute Gasteiger partial charge is 0.254 e. The second-order valence-corrected chi connectivity index (χ2v) is 4.17. The van der Waals surface area contributed by atoms with Crippen LogP contribution < -0.4 is 5.32 Å². The fourth-order valence-electron chi connectivity index (χ4n) is 1.98. The van der Waals surface area contributed by atoms with Gasteiger partial charge in [0.25, 0.3) is 5.91 Å². The third-order valence-electron chi connectivity index (χ3n) is 2.94. The quantitative estimate of drug-likeness (QED) is 0.760. The molecule has 0 aliphatic heterocycles. The molecule has 1 heterocycles. The molecule has 1 amide bonds. The minimum atomic E-state index is -0.0372. The summed E-state index contributed by atoms with van der Waals surface area (Å²) in [6, 6.07) is 0. The third-order valence-corrected chi connectivity index (χ3v) is 2.94. The molecule has 1 aliphatic rings. The summed E-state index contributed by atoms with van der Waals surface area (Å²) in [5, 5.41) is 9.50. The highest BCUT2D eigenvalue weighted by molar-refractivity contribution is 5.94. The number of allylic oxidation sites excluding steroid dienone is 1. The van der Waals surface area contributed by atoms with Gasteiger partial charge in [0.2, 0.25) is 0 Å². The first kappa shape index (κ1) is 10.9. The second kappa shape index (κ2) is 4.96. The molecule has 4 heteroatoms. The molecule has 0 atom stereocenters. The molecule has 4 nitrogen and oxygen atoms in total. The van der Waals surface area contributed by atoms with Gasteiger partial charge in [0.15, 0.2) is 0 Å². The lowest BCUT2D eigenvalue weighted by molar-refractivity contribution is 0.0953. The molecular weight excluding hydrogens is 202 g/mol. The molecule has 16 heavy (non-hydrogen) atoms. The van der Waals surface area contributed by atoms with Gasteiger partial charge in [-0.25, -0.2) is 0 Å². The van der Waals surface area contributed by atoms with Gasteiger partial charge in [-0.2, -0.15) is 5.10 Å². The average Bonchev–Trinajstić information content (AvgIpc) is 2.88. The molecule has 1 aromatic heterocycles. The Morgan fingerprint density at radius 3 is 3.12 bits per heavy atom. The molecule has 0 saturated heterocycles. The van der Waals surface area contributed by atoms with E-state index in [1.165, 1.54) is 24.8 Å². The van der Waals surface area contributed by atoms with Gasteiger partial charge in [-0.3, -0.25) is 9.89 Å². The van der Waals surface area contributed by atoms with Crippen LogP contribution in [0.1, 0.15) is 41.7 Å².